The van der Waals surface area contributed by atoms with Crippen LogP contribution in [0.4, 0.5) is 5.69 Å². The lowest BCUT2D eigenvalue weighted by Gasteiger charge is -2.05. The average Bonchev–Trinajstić information content (AvgIpc) is 3.10. The van der Waals surface area contributed by atoms with E-state index < -0.39 is 0 Å². The van der Waals surface area contributed by atoms with Crippen molar-refractivity contribution < 1.29 is 0 Å². The van der Waals surface area contributed by atoms with Crippen LogP contribution in [-0.2, 0) is 6.54 Å². The molecule has 0 radical (unpaired) electrons. The number of anilines is 1. The summed E-state index contributed by atoms with van der Waals surface area (Å²) in [6.45, 7) is 0.814. The van der Waals surface area contributed by atoms with E-state index in [0.29, 0.717) is 0 Å². The molecule has 0 unspecified atom stereocenters. The maximum Gasteiger partial charge on any atom is 0.0924 e. The first kappa shape index (κ1) is 11.0. The molecule has 90 valence electrons. The second-order valence-electron chi connectivity index (χ2n) is 3.86. The number of hydrogen-bond donors (Lipinski definition) is 2. The van der Waals surface area contributed by atoms with E-state index in [-0.39, 0.29) is 0 Å². The normalized spacial score (nSPS) is 10.4. The Balaban J connectivity index is 1.68. The number of thiazole rings is 1. The van der Waals surface area contributed by atoms with Crippen molar-refractivity contribution in [3.05, 3.63) is 53.4 Å². The van der Waals surface area contributed by atoms with E-state index in [9.17, 15) is 0 Å². The van der Waals surface area contributed by atoms with E-state index in [1.165, 1.54) is 4.88 Å². The van der Waals surface area contributed by atoms with Gasteiger partial charge in [-0.25, -0.2) is 4.98 Å². The smallest absolute Gasteiger partial charge is 0.0924 e. The lowest BCUT2D eigenvalue weighted by Crippen LogP contribution is -1.96. The summed E-state index contributed by atoms with van der Waals surface area (Å²) in [6, 6.07) is 8.28. The molecule has 0 atom stereocenters. The monoisotopic (exact) mass is 256 g/mol. The van der Waals surface area contributed by atoms with Gasteiger partial charge >= 0.3 is 0 Å². The summed E-state index contributed by atoms with van der Waals surface area (Å²) in [4.78, 5) is 12.4. The molecule has 3 rings (SSSR count). The maximum absolute atomic E-state index is 4.05. The Kier molecular flexibility index (Phi) is 3.06. The maximum atomic E-state index is 4.05. The van der Waals surface area contributed by atoms with Crippen LogP contribution in [0.1, 0.15) is 4.88 Å². The van der Waals surface area contributed by atoms with Crippen molar-refractivity contribution in [1.29, 1.82) is 0 Å². The molecule has 0 saturated heterocycles. The molecule has 5 heteroatoms. The minimum atomic E-state index is 0.814. The molecule has 2 heterocycles. The molecule has 0 aliphatic heterocycles. The van der Waals surface area contributed by atoms with E-state index in [2.05, 4.69) is 44.5 Å². The number of aromatic nitrogens is 3. The predicted molar refractivity (Wildman–Crippen MR) is 73.5 cm³/mol. The van der Waals surface area contributed by atoms with Crippen molar-refractivity contribution >= 4 is 17.0 Å². The summed E-state index contributed by atoms with van der Waals surface area (Å²) in [7, 11) is 0. The van der Waals surface area contributed by atoms with Crippen molar-refractivity contribution in [3.63, 3.8) is 0 Å². The molecule has 4 nitrogen and oxygen atoms in total. The lowest BCUT2D eigenvalue weighted by molar-refractivity contribution is 1.17. The first-order valence-corrected chi connectivity index (χ1v) is 6.50. The predicted octanol–water partition coefficient (Wildman–Crippen LogP) is 3.15. The highest BCUT2D eigenvalue weighted by Crippen LogP contribution is 2.19. The molecule has 1 aromatic carbocycles. The summed E-state index contributed by atoms with van der Waals surface area (Å²) in [5.74, 6) is 0. The molecule has 0 aliphatic carbocycles. The standard InChI is InChI=1S/C13H12N4S/c1-3-11(16-6-12-5-15-9-18-12)4-2-10(1)13-7-14-8-17-13/h1-5,7-9,16H,6H2,(H,14,17). The van der Waals surface area contributed by atoms with E-state index >= 15 is 0 Å². The van der Waals surface area contributed by atoms with Gasteiger partial charge in [-0.05, 0) is 17.7 Å². The Labute approximate surface area is 109 Å². The third-order valence-electron chi connectivity index (χ3n) is 2.64. The first-order valence-electron chi connectivity index (χ1n) is 5.62. The van der Waals surface area contributed by atoms with E-state index in [0.717, 1.165) is 23.5 Å². The van der Waals surface area contributed by atoms with Crippen molar-refractivity contribution in [2.45, 2.75) is 6.54 Å². The van der Waals surface area contributed by atoms with Crippen molar-refractivity contribution in [1.82, 2.24) is 15.0 Å². The fourth-order valence-electron chi connectivity index (χ4n) is 1.70. The third kappa shape index (κ3) is 2.41. The van der Waals surface area contributed by atoms with Crippen LogP contribution >= 0.6 is 11.3 Å². The zero-order valence-corrected chi connectivity index (χ0v) is 10.4. The molecular weight excluding hydrogens is 244 g/mol. The van der Waals surface area contributed by atoms with Gasteiger partial charge in [-0.2, -0.15) is 0 Å². The highest BCUT2D eigenvalue weighted by molar-refractivity contribution is 7.09. The lowest BCUT2D eigenvalue weighted by atomic mass is 10.1. The van der Waals surface area contributed by atoms with Crippen LogP contribution in [0.15, 0.2) is 48.5 Å². The fourth-order valence-corrected chi connectivity index (χ4v) is 2.23. The Morgan fingerprint density at radius 3 is 2.67 bits per heavy atom. The topological polar surface area (TPSA) is 53.6 Å². The third-order valence-corrected chi connectivity index (χ3v) is 3.42. The first-order chi connectivity index (χ1) is 8.92. The van der Waals surface area contributed by atoms with E-state index in [4.69, 9.17) is 0 Å². The number of hydrogen-bond acceptors (Lipinski definition) is 4. The van der Waals surface area contributed by atoms with Gasteiger partial charge in [0.25, 0.3) is 0 Å². The Hall–Kier alpha value is -2.14. The van der Waals surface area contributed by atoms with Gasteiger partial charge in [-0.1, -0.05) is 12.1 Å². The minimum absolute atomic E-state index is 0.814. The quantitative estimate of drug-likeness (QED) is 0.754. The Bertz CT molecular complexity index is 584. The summed E-state index contributed by atoms with van der Waals surface area (Å²) in [5.41, 5.74) is 5.12. The Morgan fingerprint density at radius 1 is 1.11 bits per heavy atom. The molecule has 18 heavy (non-hydrogen) atoms. The number of aromatic amines is 1. The molecular formula is C13H12N4S. The van der Waals surface area contributed by atoms with Crippen LogP contribution in [0.2, 0.25) is 0 Å². The molecule has 0 amide bonds. The largest absolute Gasteiger partial charge is 0.380 e. The van der Waals surface area contributed by atoms with Gasteiger partial charge in [0.2, 0.25) is 0 Å². The van der Waals surface area contributed by atoms with Gasteiger partial charge in [-0.15, -0.1) is 11.3 Å². The van der Waals surface area contributed by atoms with Gasteiger partial charge in [0, 0.05) is 16.8 Å². The summed E-state index contributed by atoms with van der Waals surface area (Å²) >= 11 is 1.66. The number of nitrogens with zero attached hydrogens (tertiary/aromatic N) is 2. The zero-order chi connectivity index (χ0) is 12.2. The number of nitrogens with one attached hydrogen (secondary N) is 2. The number of imidazole rings is 1. The van der Waals surface area contributed by atoms with Crippen LogP contribution in [-0.4, -0.2) is 15.0 Å². The summed E-state index contributed by atoms with van der Waals surface area (Å²) in [5, 5.41) is 3.36. The molecule has 0 saturated carbocycles. The molecule has 0 aliphatic rings. The van der Waals surface area contributed by atoms with Crippen LogP contribution in [0, 0.1) is 0 Å². The molecule has 0 spiro atoms. The van der Waals surface area contributed by atoms with Gasteiger partial charge in [-0.3, -0.25) is 4.98 Å². The number of benzene rings is 1. The van der Waals surface area contributed by atoms with Gasteiger partial charge in [0.05, 0.1) is 30.3 Å². The second kappa shape index (κ2) is 5.01. The molecule has 2 N–H and O–H groups in total. The summed E-state index contributed by atoms with van der Waals surface area (Å²) < 4.78 is 0. The Morgan fingerprint density at radius 2 is 2.00 bits per heavy atom. The fraction of sp³-hybridized carbons (Fsp3) is 0.0769. The number of rotatable bonds is 4. The second-order valence-corrected chi connectivity index (χ2v) is 4.83. The molecule has 2 aromatic heterocycles. The average molecular weight is 256 g/mol. The highest BCUT2D eigenvalue weighted by atomic mass is 32.1. The molecule has 0 bridgehead atoms. The van der Waals surface area contributed by atoms with Crippen LogP contribution in [0.5, 0.6) is 0 Å². The van der Waals surface area contributed by atoms with Gasteiger partial charge in [0.15, 0.2) is 0 Å². The molecule has 3 aromatic rings. The van der Waals surface area contributed by atoms with E-state index in [1.807, 2.05) is 17.9 Å². The summed E-state index contributed by atoms with van der Waals surface area (Å²) in [6.07, 6.45) is 5.39. The number of H-pyrrole nitrogens is 1. The minimum Gasteiger partial charge on any atom is -0.380 e. The van der Waals surface area contributed by atoms with Crippen molar-refractivity contribution in [2.24, 2.45) is 0 Å². The highest BCUT2D eigenvalue weighted by Gasteiger charge is 1.99. The zero-order valence-electron chi connectivity index (χ0n) is 9.63. The van der Waals surface area contributed by atoms with Crippen LogP contribution < -0.4 is 5.32 Å². The van der Waals surface area contributed by atoms with Gasteiger partial charge < -0.3 is 10.3 Å². The van der Waals surface area contributed by atoms with Gasteiger partial charge in [0.1, 0.15) is 0 Å². The molecule has 0 fully saturated rings. The van der Waals surface area contributed by atoms with Crippen LogP contribution in [0.3, 0.4) is 0 Å². The SMILES string of the molecule is c1ncc(-c2ccc(NCc3cncs3)cc2)[nH]1. The van der Waals surface area contributed by atoms with E-state index in [1.54, 1.807) is 17.7 Å². The van der Waals surface area contributed by atoms with Crippen molar-refractivity contribution in [3.8, 4) is 11.3 Å². The van der Waals surface area contributed by atoms with Crippen LogP contribution in [0.25, 0.3) is 11.3 Å². The van der Waals surface area contributed by atoms with Crippen molar-refractivity contribution in [2.75, 3.05) is 5.32 Å².